The minimum Gasteiger partial charge on any atom is -0.342 e. The van der Waals surface area contributed by atoms with Crippen molar-refractivity contribution in [1.29, 1.82) is 0 Å². The standard InChI is InChI=1S/C15H19N5O2/c16-9-11-5-7-19(10-11)14(21)6-8-20-15(22)12-3-1-2-4-13(12)17-18-20/h1-4,11H,5-10,16H2. The topological polar surface area (TPSA) is 94.1 Å². The maximum Gasteiger partial charge on any atom is 0.277 e. The molecule has 2 N–H and O–H groups in total. The second-order valence-electron chi connectivity index (χ2n) is 5.62. The summed E-state index contributed by atoms with van der Waals surface area (Å²) >= 11 is 0. The van der Waals surface area contributed by atoms with Crippen molar-refractivity contribution in [3.05, 3.63) is 34.6 Å². The Balaban J connectivity index is 1.68. The molecule has 1 amide bonds. The fourth-order valence-electron chi connectivity index (χ4n) is 2.78. The van der Waals surface area contributed by atoms with Crippen LogP contribution in [0, 0.1) is 5.92 Å². The minimum atomic E-state index is -0.209. The number of aromatic nitrogens is 3. The molecule has 3 rings (SSSR count). The number of nitrogens with two attached hydrogens (primary N) is 1. The zero-order chi connectivity index (χ0) is 15.5. The molecule has 1 aliphatic rings. The van der Waals surface area contributed by atoms with Crippen molar-refractivity contribution in [2.24, 2.45) is 11.7 Å². The Hall–Kier alpha value is -2.28. The average molecular weight is 301 g/mol. The van der Waals surface area contributed by atoms with E-state index in [-0.39, 0.29) is 24.4 Å². The molecule has 1 aliphatic heterocycles. The second-order valence-corrected chi connectivity index (χ2v) is 5.62. The van der Waals surface area contributed by atoms with Gasteiger partial charge in [0.15, 0.2) is 0 Å². The Labute approximate surface area is 127 Å². The van der Waals surface area contributed by atoms with Gasteiger partial charge in [-0.2, -0.15) is 0 Å². The van der Waals surface area contributed by atoms with Crippen LogP contribution in [0.1, 0.15) is 12.8 Å². The van der Waals surface area contributed by atoms with Gasteiger partial charge in [0.2, 0.25) is 5.91 Å². The lowest BCUT2D eigenvalue weighted by Gasteiger charge is -2.16. The predicted molar refractivity (Wildman–Crippen MR) is 82.2 cm³/mol. The van der Waals surface area contributed by atoms with Gasteiger partial charge in [-0.1, -0.05) is 17.3 Å². The number of benzene rings is 1. The van der Waals surface area contributed by atoms with Gasteiger partial charge in [-0.25, -0.2) is 4.68 Å². The van der Waals surface area contributed by atoms with Crippen LogP contribution in [-0.2, 0) is 11.3 Å². The Bertz CT molecular complexity index is 742. The van der Waals surface area contributed by atoms with E-state index in [0.717, 1.165) is 13.0 Å². The third-order valence-corrected chi connectivity index (χ3v) is 4.14. The fourth-order valence-corrected chi connectivity index (χ4v) is 2.78. The molecule has 1 fully saturated rings. The summed E-state index contributed by atoms with van der Waals surface area (Å²) in [5.41, 5.74) is 5.99. The van der Waals surface area contributed by atoms with Gasteiger partial charge in [-0.05, 0) is 31.0 Å². The van der Waals surface area contributed by atoms with E-state index in [1.807, 2.05) is 11.0 Å². The van der Waals surface area contributed by atoms with Crippen molar-refractivity contribution in [3.8, 4) is 0 Å². The highest BCUT2D eigenvalue weighted by Crippen LogP contribution is 2.15. The van der Waals surface area contributed by atoms with Crippen LogP contribution in [0.2, 0.25) is 0 Å². The zero-order valence-corrected chi connectivity index (χ0v) is 12.3. The number of nitrogens with zero attached hydrogens (tertiary/aromatic N) is 4. The highest BCUT2D eigenvalue weighted by molar-refractivity contribution is 5.77. The quantitative estimate of drug-likeness (QED) is 0.857. The molecule has 22 heavy (non-hydrogen) atoms. The molecule has 0 spiro atoms. The molecule has 1 atom stereocenters. The molecular weight excluding hydrogens is 282 g/mol. The Morgan fingerprint density at radius 2 is 2.18 bits per heavy atom. The first-order chi connectivity index (χ1) is 10.7. The number of aryl methyl sites for hydroxylation is 1. The predicted octanol–water partition coefficient (Wildman–Crippen LogP) is -0.0112. The van der Waals surface area contributed by atoms with Crippen LogP contribution in [0.5, 0.6) is 0 Å². The molecule has 2 aromatic rings. The number of hydrogen-bond acceptors (Lipinski definition) is 5. The summed E-state index contributed by atoms with van der Waals surface area (Å²) in [6.45, 7) is 2.32. The van der Waals surface area contributed by atoms with Gasteiger partial charge in [0.25, 0.3) is 5.56 Å². The van der Waals surface area contributed by atoms with Gasteiger partial charge in [-0.15, -0.1) is 5.10 Å². The summed E-state index contributed by atoms with van der Waals surface area (Å²) in [4.78, 5) is 26.3. The van der Waals surface area contributed by atoms with Gasteiger partial charge in [-0.3, -0.25) is 9.59 Å². The number of amides is 1. The molecule has 1 aromatic carbocycles. The molecule has 1 unspecified atom stereocenters. The van der Waals surface area contributed by atoms with E-state index in [9.17, 15) is 9.59 Å². The third kappa shape index (κ3) is 2.85. The maximum atomic E-state index is 12.3. The van der Waals surface area contributed by atoms with Crippen molar-refractivity contribution < 1.29 is 4.79 Å². The number of likely N-dealkylation sites (tertiary alicyclic amines) is 1. The number of hydrogen-bond donors (Lipinski definition) is 1. The molecule has 2 heterocycles. The van der Waals surface area contributed by atoms with Crippen LogP contribution in [-0.4, -0.2) is 45.4 Å². The lowest BCUT2D eigenvalue weighted by molar-refractivity contribution is -0.130. The molecule has 0 aliphatic carbocycles. The normalized spacial score (nSPS) is 18.0. The summed E-state index contributed by atoms with van der Waals surface area (Å²) in [5, 5.41) is 8.44. The Kier molecular flexibility index (Phi) is 4.15. The second kappa shape index (κ2) is 6.23. The first-order valence-electron chi connectivity index (χ1n) is 7.49. The monoisotopic (exact) mass is 301 g/mol. The van der Waals surface area contributed by atoms with E-state index < -0.39 is 0 Å². The molecule has 116 valence electrons. The van der Waals surface area contributed by atoms with Crippen molar-refractivity contribution in [2.75, 3.05) is 19.6 Å². The van der Waals surface area contributed by atoms with Gasteiger partial charge >= 0.3 is 0 Å². The molecule has 1 aromatic heterocycles. The smallest absolute Gasteiger partial charge is 0.277 e. The van der Waals surface area contributed by atoms with E-state index in [4.69, 9.17) is 5.73 Å². The Morgan fingerprint density at radius 3 is 2.95 bits per heavy atom. The van der Waals surface area contributed by atoms with Crippen LogP contribution in [0.25, 0.3) is 10.9 Å². The molecule has 0 radical (unpaired) electrons. The third-order valence-electron chi connectivity index (χ3n) is 4.14. The molecule has 1 saturated heterocycles. The van der Waals surface area contributed by atoms with Gasteiger partial charge in [0, 0.05) is 19.5 Å². The summed E-state index contributed by atoms with van der Waals surface area (Å²) in [5.74, 6) is 0.435. The number of carbonyl (C=O) groups excluding carboxylic acids is 1. The van der Waals surface area contributed by atoms with Crippen molar-refractivity contribution in [2.45, 2.75) is 19.4 Å². The summed E-state index contributed by atoms with van der Waals surface area (Å²) in [7, 11) is 0. The average Bonchev–Trinajstić information content (AvgIpc) is 3.03. The van der Waals surface area contributed by atoms with Crippen LogP contribution in [0.3, 0.4) is 0 Å². The van der Waals surface area contributed by atoms with E-state index in [1.54, 1.807) is 18.2 Å². The largest absolute Gasteiger partial charge is 0.342 e. The SMILES string of the molecule is NCC1CCN(C(=O)CCn2nnc3ccccc3c2=O)C1. The van der Waals surface area contributed by atoms with Gasteiger partial charge in [0.1, 0.15) is 5.52 Å². The molecule has 7 nitrogen and oxygen atoms in total. The molecular formula is C15H19N5O2. The van der Waals surface area contributed by atoms with Crippen molar-refractivity contribution in [1.82, 2.24) is 19.9 Å². The fraction of sp³-hybridized carbons (Fsp3) is 0.467. The summed E-state index contributed by atoms with van der Waals surface area (Å²) < 4.78 is 1.26. The van der Waals surface area contributed by atoms with E-state index >= 15 is 0 Å². The lowest BCUT2D eigenvalue weighted by atomic mass is 10.1. The summed E-state index contributed by atoms with van der Waals surface area (Å²) in [6, 6.07) is 7.07. The van der Waals surface area contributed by atoms with Crippen molar-refractivity contribution in [3.63, 3.8) is 0 Å². The molecule has 0 bridgehead atoms. The summed E-state index contributed by atoms with van der Waals surface area (Å²) in [6.07, 6.45) is 1.21. The molecule has 0 saturated carbocycles. The number of carbonyl (C=O) groups is 1. The molecule has 7 heteroatoms. The van der Waals surface area contributed by atoms with E-state index in [0.29, 0.717) is 29.9 Å². The van der Waals surface area contributed by atoms with E-state index in [2.05, 4.69) is 10.3 Å². The minimum absolute atomic E-state index is 0.0396. The van der Waals surface area contributed by atoms with Gasteiger partial charge in [0.05, 0.1) is 11.9 Å². The zero-order valence-electron chi connectivity index (χ0n) is 12.3. The first kappa shape index (κ1) is 14.6. The van der Waals surface area contributed by atoms with Crippen molar-refractivity contribution >= 4 is 16.8 Å². The van der Waals surface area contributed by atoms with Crippen LogP contribution >= 0.6 is 0 Å². The van der Waals surface area contributed by atoms with Crippen LogP contribution in [0.15, 0.2) is 29.1 Å². The highest BCUT2D eigenvalue weighted by atomic mass is 16.2. The number of fused-ring (bicyclic) bond motifs is 1. The van der Waals surface area contributed by atoms with Crippen LogP contribution < -0.4 is 11.3 Å². The maximum absolute atomic E-state index is 12.3. The van der Waals surface area contributed by atoms with E-state index in [1.165, 1.54) is 4.68 Å². The number of rotatable bonds is 4. The highest BCUT2D eigenvalue weighted by Gasteiger charge is 2.24. The first-order valence-corrected chi connectivity index (χ1v) is 7.49. The lowest BCUT2D eigenvalue weighted by Crippen LogP contribution is -2.32. The van der Waals surface area contributed by atoms with Gasteiger partial charge < -0.3 is 10.6 Å². The van der Waals surface area contributed by atoms with Crippen LogP contribution in [0.4, 0.5) is 0 Å². The Morgan fingerprint density at radius 1 is 1.36 bits per heavy atom.